The van der Waals surface area contributed by atoms with Gasteiger partial charge in [0.05, 0.1) is 17.7 Å². The first-order valence-corrected chi connectivity index (χ1v) is 4.08. The number of hydrogen-bond acceptors (Lipinski definition) is 5. The van der Waals surface area contributed by atoms with Crippen LogP contribution in [0.3, 0.4) is 0 Å². The summed E-state index contributed by atoms with van der Waals surface area (Å²) in [5, 5.41) is 10.3. The van der Waals surface area contributed by atoms with Gasteiger partial charge in [0, 0.05) is 12.1 Å². The molecule has 1 amide bonds. The number of carbonyl (C=O) groups is 1. The van der Waals surface area contributed by atoms with Crippen LogP contribution in [0, 0.1) is 15.9 Å². The molecule has 0 aromatic heterocycles. The molecule has 0 saturated carbocycles. The summed E-state index contributed by atoms with van der Waals surface area (Å²) >= 11 is 0. The Morgan fingerprint density at radius 1 is 1.56 bits per heavy atom. The number of benzene rings is 1. The van der Waals surface area contributed by atoms with Crippen molar-refractivity contribution in [1.29, 1.82) is 0 Å². The van der Waals surface area contributed by atoms with E-state index >= 15 is 0 Å². The normalized spacial score (nSPS) is 9.38. The second kappa shape index (κ2) is 4.91. The number of hydrazine groups is 1. The quantitative estimate of drug-likeness (QED) is 0.603. The molecule has 8 heteroatoms. The molecule has 0 aliphatic heterocycles. The first-order chi connectivity index (χ1) is 7.54. The van der Waals surface area contributed by atoms with Gasteiger partial charge in [-0.05, 0) is 6.07 Å². The van der Waals surface area contributed by atoms with Gasteiger partial charge in [0.2, 0.25) is 5.82 Å². The largest absolute Gasteiger partial charge is 0.452 e. The Labute approximate surface area is 89.3 Å². The Morgan fingerprint density at radius 2 is 2.25 bits per heavy atom. The van der Waals surface area contributed by atoms with Gasteiger partial charge in [-0.25, -0.2) is 10.2 Å². The zero-order valence-electron chi connectivity index (χ0n) is 8.19. The Bertz CT molecular complexity index is 424. The molecule has 1 aromatic carbocycles. The van der Waals surface area contributed by atoms with Gasteiger partial charge in [0.15, 0.2) is 0 Å². The second-order valence-electron chi connectivity index (χ2n) is 2.66. The Morgan fingerprint density at radius 3 is 2.75 bits per heavy atom. The Balaban J connectivity index is 2.74. The van der Waals surface area contributed by atoms with Crippen LogP contribution in [0.5, 0.6) is 0 Å². The van der Waals surface area contributed by atoms with Gasteiger partial charge >= 0.3 is 11.8 Å². The summed E-state index contributed by atoms with van der Waals surface area (Å²) in [6.07, 6.45) is -0.765. The summed E-state index contributed by atoms with van der Waals surface area (Å²) in [4.78, 5) is 20.1. The molecule has 0 aliphatic rings. The third-order valence-corrected chi connectivity index (χ3v) is 1.64. The van der Waals surface area contributed by atoms with E-state index in [0.29, 0.717) is 0 Å². The summed E-state index contributed by atoms with van der Waals surface area (Å²) in [6, 6.07) is 3.11. The molecule has 86 valence electrons. The molecule has 0 spiro atoms. The topological polar surface area (TPSA) is 93.5 Å². The lowest BCUT2D eigenvalue weighted by molar-refractivity contribution is -0.387. The molecular weight excluding hydrogens is 221 g/mol. The van der Waals surface area contributed by atoms with E-state index < -0.39 is 22.5 Å². The van der Waals surface area contributed by atoms with Gasteiger partial charge in [-0.2, -0.15) is 4.39 Å². The SMILES string of the molecule is COC(=O)NNc1ccc([N+](=O)[O-])c(F)c1. The van der Waals surface area contributed by atoms with Gasteiger partial charge in [-0.1, -0.05) is 0 Å². The predicted molar refractivity (Wildman–Crippen MR) is 52.2 cm³/mol. The number of halogens is 1. The lowest BCUT2D eigenvalue weighted by Crippen LogP contribution is -2.29. The highest BCUT2D eigenvalue weighted by atomic mass is 19.1. The number of nitrogens with zero attached hydrogens (tertiary/aromatic N) is 1. The highest BCUT2D eigenvalue weighted by Crippen LogP contribution is 2.20. The van der Waals surface area contributed by atoms with E-state index in [-0.39, 0.29) is 5.69 Å². The van der Waals surface area contributed by atoms with Crippen LogP contribution >= 0.6 is 0 Å². The number of rotatable bonds is 3. The number of hydrogen-bond donors (Lipinski definition) is 2. The summed E-state index contributed by atoms with van der Waals surface area (Å²) < 4.78 is 17.3. The minimum atomic E-state index is -0.998. The van der Waals surface area contributed by atoms with Crippen LogP contribution in [-0.4, -0.2) is 18.1 Å². The number of amides is 1. The monoisotopic (exact) mass is 229 g/mol. The number of nitrogens with one attached hydrogen (secondary N) is 2. The lowest BCUT2D eigenvalue weighted by Gasteiger charge is -2.06. The third kappa shape index (κ3) is 2.80. The van der Waals surface area contributed by atoms with Gasteiger partial charge in [-0.3, -0.25) is 15.5 Å². The highest BCUT2D eigenvalue weighted by molar-refractivity contribution is 5.69. The Kier molecular flexibility index (Phi) is 3.59. The zero-order chi connectivity index (χ0) is 12.1. The summed E-state index contributed by atoms with van der Waals surface area (Å²) in [5.74, 6) is -0.998. The van der Waals surface area contributed by atoms with Crippen LogP contribution in [-0.2, 0) is 4.74 Å². The van der Waals surface area contributed by atoms with Crippen molar-refractivity contribution in [2.45, 2.75) is 0 Å². The standard InChI is InChI=1S/C8H8FN3O4/c1-16-8(13)11-10-5-2-3-7(12(14)15)6(9)4-5/h2-4,10H,1H3,(H,11,13). The third-order valence-electron chi connectivity index (χ3n) is 1.64. The number of anilines is 1. The molecule has 16 heavy (non-hydrogen) atoms. The van der Waals surface area contributed by atoms with E-state index in [1.165, 1.54) is 6.07 Å². The first kappa shape index (κ1) is 11.7. The summed E-state index contributed by atoms with van der Waals surface area (Å²) in [7, 11) is 1.16. The molecule has 0 fully saturated rings. The van der Waals surface area contributed by atoms with E-state index in [1.54, 1.807) is 0 Å². The fourth-order valence-corrected chi connectivity index (χ4v) is 0.907. The van der Waals surface area contributed by atoms with Crippen molar-refractivity contribution >= 4 is 17.5 Å². The van der Waals surface area contributed by atoms with E-state index in [2.05, 4.69) is 15.6 Å². The molecule has 2 N–H and O–H groups in total. The first-order valence-electron chi connectivity index (χ1n) is 4.08. The molecule has 1 aromatic rings. The van der Waals surface area contributed by atoms with E-state index in [1.807, 2.05) is 0 Å². The number of nitro groups is 1. The van der Waals surface area contributed by atoms with E-state index in [0.717, 1.165) is 19.2 Å². The minimum absolute atomic E-state index is 0.161. The van der Waals surface area contributed by atoms with Crippen LogP contribution in [0.1, 0.15) is 0 Å². The maximum Gasteiger partial charge on any atom is 0.425 e. The average Bonchev–Trinajstić information content (AvgIpc) is 2.25. The van der Waals surface area contributed by atoms with Crippen LogP contribution in [0.4, 0.5) is 20.6 Å². The molecule has 7 nitrogen and oxygen atoms in total. The van der Waals surface area contributed by atoms with Gasteiger partial charge in [-0.15, -0.1) is 0 Å². The Hall–Kier alpha value is -2.38. The van der Waals surface area contributed by atoms with E-state index in [4.69, 9.17) is 0 Å². The van der Waals surface area contributed by atoms with Crippen molar-refractivity contribution in [3.8, 4) is 0 Å². The van der Waals surface area contributed by atoms with Crippen LogP contribution in [0.2, 0.25) is 0 Å². The van der Waals surface area contributed by atoms with E-state index in [9.17, 15) is 19.3 Å². The van der Waals surface area contributed by atoms with Crippen LogP contribution < -0.4 is 10.9 Å². The minimum Gasteiger partial charge on any atom is -0.452 e. The average molecular weight is 229 g/mol. The molecule has 0 aliphatic carbocycles. The van der Waals surface area contributed by atoms with Crippen LogP contribution in [0.25, 0.3) is 0 Å². The molecule has 0 radical (unpaired) electrons. The molecule has 0 saturated heterocycles. The van der Waals surface area contributed by atoms with Crippen molar-refractivity contribution < 1.29 is 18.8 Å². The van der Waals surface area contributed by atoms with Crippen molar-refractivity contribution in [1.82, 2.24) is 5.43 Å². The van der Waals surface area contributed by atoms with Crippen molar-refractivity contribution in [2.75, 3.05) is 12.5 Å². The molecule has 0 heterocycles. The fourth-order valence-electron chi connectivity index (χ4n) is 0.907. The van der Waals surface area contributed by atoms with Gasteiger partial charge < -0.3 is 4.74 Å². The molecular formula is C8H8FN3O4. The van der Waals surface area contributed by atoms with Gasteiger partial charge in [0.25, 0.3) is 0 Å². The highest BCUT2D eigenvalue weighted by Gasteiger charge is 2.13. The molecule has 0 bridgehead atoms. The second-order valence-corrected chi connectivity index (χ2v) is 2.66. The molecule has 0 unspecified atom stereocenters. The van der Waals surface area contributed by atoms with Crippen molar-refractivity contribution in [3.05, 3.63) is 34.1 Å². The maximum atomic E-state index is 13.1. The van der Waals surface area contributed by atoms with Gasteiger partial charge in [0.1, 0.15) is 0 Å². The lowest BCUT2D eigenvalue weighted by atomic mass is 10.3. The zero-order valence-corrected chi connectivity index (χ0v) is 8.19. The summed E-state index contributed by atoms with van der Waals surface area (Å²) in [5.41, 5.74) is 3.92. The summed E-state index contributed by atoms with van der Waals surface area (Å²) in [6.45, 7) is 0. The maximum absolute atomic E-state index is 13.1. The number of methoxy groups -OCH3 is 1. The number of ether oxygens (including phenoxy) is 1. The van der Waals surface area contributed by atoms with Crippen molar-refractivity contribution in [3.63, 3.8) is 0 Å². The molecule has 1 rings (SSSR count). The van der Waals surface area contributed by atoms with Crippen molar-refractivity contribution in [2.24, 2.45) is 0 Å². The smallest absolute Gasteiger partial charge is 0.425 e. The fraction of sp³-hybridized carbons (Fsp3) is 0.125. The predicted octanol–water partition coefficient (Wildman–Crippen LogP) is 1.42. The number of nitro benzene ring substituents is 1. The van der Waals surface area contributed by atoms with Crippen LogP contribution in [0.15, 0.2) is 18.2 Å². The number of carbonyl (C=O) groups excluding carboxylic acids is 1. The molecule has 0 atom stereocenters.